The van der Waals surface area contributed by atoms with Gasteiger partial charge in [0.15, 0.2) is 0 Å². The number of carbonyl (C=O) groups is 3. The maximum absolute atomic E-state index is 11.2. The van der Waals surface area contributed by atoms with E-state index in [9.17, 15) is 14.4 Å². The molecule has 0 saturated heterocycles. The maximum Gasteiger partial charge on any atom is 0.150 e. The van der Waals surface area contributed by atoms with Crippen LogP contribution in [0.1, 0.15) is 26.3 Å². The molecule has 1 rings (SSSR count). The number of carbonyl (C=O) groups excluding carboxylic acids is 3. The number of aldehydes is 2. The minimum Gasteiger partial charge on any atom is -0.298 e. The van der Waals surface area contributed by atoms with Gasteiger partial charge in [-0.25, -0.2) is 0 Å². The highest BCUT2D eigenvalue weighted by Gasteiger charge is 2.07. The fraction of sp³-hybridized carbons (Fsp3) is 0.182. The molecule has 1 aromatic rings. The Morgan fingerprint density at radius 2 is 2.00 bits per heavy atom. The van der Waals surface area contributed by atoms with Crippen molar-refractivity contribution in [1.29, 1.82) is 0 Å². The van der Waals surface area contributed by atoms with Gasteiger partial charge in [0.2, 0.25) is 0 Å². The van der Waals surface area contributed by atoms with E-state index < -0.39 is 0 Å². The Morgan fingerprint density at radius 3 is 2.53 bits per heavy atom. The third-order valence-electron chi connectivity index (χ3n) is 1.97. The van der Waals surface area contributed by atoms with Gasteiger partial charge < -0.3 is 0 Å². The van der Waals surface area contributed by atoms with Crippen molar-refractivity contribution in [2.45, 2.75) is 6.42 Å². The lowest BCUT2D eigenvalue weighted by Crippen LogP contribution is -2.06. The van der Waals surface area contributed by atoms with Gasteiger partial charge in [-0.2, -0.15) is 0 Å². The summed E-state index contributed by atoms with van der Waals surface area (Å²) in [5.74, 6) is -0.0267. The number of rotatable bonds is 5. The van der Waals surface area contributed by atoms with Crippen LogP contribution in [0.5, 0.6) is 0 Å². The SMILES string of the molecule is O=Cc1ccc(C=O)c(CC(=O)CBr)c1. The van der Waals surface area contributed by atoms with Gasteiger partial charge in [0.25, 0.3) is 0 Å². The Labute approximate surface area is 95.6 Å². The molecule has 0 aromatic heterocycles. The predicted molar refractivity (Wildman–Crippen MR) is 59.7 cm³/mol. The molecule has 0 bridgehead atoms. The molecule has 4 heteroatoms. The molecule has 0 amide bonds. The van der Waals surface area contributed by atoms with E-state index in [2.05, 4.69) is 15.9 Å². The third-order valence-corrected chi connectivity index (χ3v) is 2.59. The van der Waals surface area contributed by atoms with Crippen molar-refractivity contribution < 1.29 is 14.4 Å². The highest BCUT2D eigenvalue weighted by atomic mass is 79.9. The van der Waals surface area contributed by atoms with Gasteiger partial charge in [0.1, 0.15) is 18.4 Å². The fourth-order valence-corrected chi connectivity index (χ4v) is 1.42. The van der Waals surface area contributed by atoms with Crippen molar-refractivity contribution in [2.75, 3.05) is 5.33 Å². The zero-order valence-electron chi connectivity index (χ0n) is 7.90. The van der Waals surface area contributed by atoms with E-state index in [4.69, 9.17) is 0 Å². The molecule has 0 unspecified atom stereocenters. The summed E-state index contributed by atoms with van der Waals surface area (Å²) in [7, 11) is 0. The van der Waals surface area contributed by atoms with Gasteiger partial charge in [0, 0.05) is 17.5 Å². The van der Waals surface area contributed by atoms with E-state index in [-0.39, 0.29) is 17.5 Å². The third kappa shape index (κ3) is 3.09. The summed E-state index contributed by atoms with van der Waals surface area (Å²) in [6, 6.07) is 4.67. The lowest BCUT2D eigenvalue weighted by molar-refractivity contribution is -0.115. The van der Waals surface area contributed by atoms with E-state index in [0.29, 0.717) is 29.3 Å². The van der Waals surface area contributed by atoms with Gasteiger partial charge in [-0.05, 0) is 11.6 Å². The normalized spacial score (nSPS) is 9.67. The summed E-state index contributed by atoms with van der Waals surface area (Å²) in [6.45, 7) is 0. The topological polar surface area (TPSA) is 51.2 Å². The maximum atomic E-state index is 11.2. The summed E-state index contributed by atoms with van der Waals surface area (Å²) < 4.78 is 0. The van der Waals surface area contributed by atoms with Crippen LogP contribution in [0.3, 0.4) is 0 Å². The predicted octanol–water partition coefficient (Wildman–Crippen LogP) is 1.82. The quantitative estimate of drug-likeness (QED) is 0.605. The first kappa shape index (κ1) is 11.8. The molecule has 1 aromatic carbocycles. The number of ketones is 1. The second-order valence-electron chi connectivity index (χ2n) is 3.04. The highest BCUT2D eigenvalue weighted by Crippen LogP contribution is 2.11. The second-order valence-corrected chi connectivity index (χ2v) is 3.60. The van der Waals surface area contributed by atoms with Gasteiger partial charge in [-0.1, -0.05) is 28.1 Å². The molecule has 0 aliphatic carbocycles. The van der Waals surface area contributed by atoms with Crippen LogP contribution < -0.4 is 0 Å². The molecule has 0 spiro atoms. The first-order valence-corrected chi connectivity index (χ1v) is 5.44. The molecule has 0 N–H and O–H groups in total. The van der Waals surface area contributed by atoms with Gasteiger partial charge >= 0.3 is 0 Å². The van der Waals surface area contributed by atoms with Crippen LogP contribution in [0.15, 0.2) is 18.2 Å². The van der Waals surface area contributed by atoms with Crippen molar-refractivity contribution in [2.24, 2.45) is 0 Å². The van der Waals surface area contributed by atoms with Crippen LogP contribution in [0.25, 0.3) is 0 Å². The van der Waals surface area contributed by atoms with Crippen molar-refractivity contribution >= 4 is 34.3 Å². The summed E-state index contributed by atoms with van der Waals surface area (Å²) in [5, 5.41) is 0.247. The van der Waals surface area contributed by atoms with Crippen molar-refractivity contribution in [1.82, 2.24) is 0 Å². The average Bonchev–Trinajstić information content (AvgIpc) is 2.28. The van der Waals surface area contributed by atoms with E-state index in [1.54, 1.807) is 18.2 Å². The lowest BCUT2D eigenvalue weighted by Gasteiger charge is -2.03. The minimum absolute atomic E-state index is 0.0267. The van der Waals surface area contributed by atoms with E-state index in [1.807, 2.05) is 0 Å². The first-order chi connectivity index (χ1) is 7.21. The Bertz CT molecular complexity index is 399. The van der Waals surface area contributed by atoms with Crippen LogP contribution in [0.2, 0.25) is 0 Å². The average molecular weight is 269 g/mol. The number of alkyl halides is 1. The summed E-state index contributed by atoms with van der Waals surface area (Å²) in [5.41, 5.74) is 1.52. The minimum atomic E-state index is -0.0267. The second kappa shape index (κ2) is 5.56. The van der Waals surface area contributed by atoms with Crippen LogP contribution in [-0.2, 0) is 11.2 Å². The summed E-state index contributed by atoms with van der Waals surface area (Å²) in [4.78, 5) is 32.4. The Balaban J connectivity index is 3.05. The van der Waals surface area contributed by atoms with E-state index in [1.165, 1.54) is 0 Å². The number of halogens is 1. The number of hydrogen-bond donors (Lipinski definition) is 0. The molecule has 15 heavy (non-hydrogen) atoms. The number of hydrogen-bond acceptors (Lipinski definition) is 3. The monoisotopic (exact) mass is 268 g/mol. The van der Waals surface area contributed by atoms with Gasteiger partial charge in [-0.3, -0.25) is 14.4 Å². The smallest absolute Gasteiger partial charge is 0.150 e. The Morgan fingerprint density at radius 1 is 1.27 bits per heavy atom. The number of Topliss-reactive ketones (excluding diaryl/α,β-unsaturated/α-hetero) is 1. The van der Waals surface area contributed by atoms with Crippen LogP contribution in [0.4, 0.5) is 0 Å². The van der Waals surface area contributed by atoms with E-state index in [0.717, 1.165) is 0 Å². The zero-order chi connectivity index (χ0) is 11.3. The van der Waals surface area contributed by atoms with Crippen LogP contribution in [0, 0.1) is 0 Å². The lowest BCUT2D eigenvalue weighted by atomic mass is 10.0. The highest BCUT2D eigenvalue weighted by molar-refractivity contribution is 9.09. The van der Waals surface area contributed by atoms with E-state index >= 15 is 0 Å². The molecule has 0 aliphatic rings. The largest absolute Gasteiger partial charge is 0.298 e. The first-order valence-electron chi connectivity index (χ1n) is 4.32. The number of benzene rings is 1. The van der Waals surface area contributed by atoms with Crippen LogP contribution in [-0.4, -0.2) is 23.7 Å². The molecular formula is C11H9BrO3. The summed E-state index contributed by atoms with van der Waals surface area (Å²) in [6.07, 6.45) is 1.54. The standard InChI is InChI=1S/C11H9BrO3/c12-5-11(15)4-10-3-8(6-13)1-2-9(10)7-14/h1-3,6-7H,4-5H2. The van der Waals surface area contributed by atoms with Crippen molar-refractivity contribution in [3.8, 4) is 0 Å². The van der Waals surface area contributed by atoms with Gasteiger partial charge in [0.05, 0.1) is 5.33 Å². The molecule has 0 aliphatic heterocycles. The molecule has 0 radical (unpaired) electrons. The van der Waals surface area contributed by atoms with Crippen molar-refractivity contribution in [3.63, 3.8) is 0 Å². The molecule has 3 nitrogen and oxygen atoms in total. The zero-order valence-corrected chi connectivity index (χ0v) is 9.49. The van der Waals surface area contributed by atoms with Crippen molar-refractivity contribution in [3.05, 3.63) is 34.9 Å². The Kier molecular flexibility index (Phi) is 4.37. The fourth-order valence-electron chi connectivity index (χ4n) is 1.23. The van der Waals surface area contributed by atoms with Crippen LogP contribution >= 0.6 is 15.9 Å². The molecule has 0 heterocycles. The molecule has 0 fully saturated rings. The van der Waals surface area contributed by atoms with Gasteiger partial charge in [-0.15, -0.1) is 0 Å². The Hall–Kier alpha value is -1.29. The molecule has 78 valence electrons. The summed E-state index contributed by atoms with van der Waals surface area (Å²) >= 11 is 3.05. The molecule has 0 atom stereocenters. The molecular weight excluding hydrogens is 260 g/mol. The molecule has 0 saturated carbocycles.